The molecule has 1 aromatic heterocycles. The van der Waals surface area contributed by atoms with Gasteiger partial charge in [0.25, 0.3) is 0 Å². The average molecular weight is 686 g/mol. The van der Waals surface area contributed by atoms with E-state index in [-0.39, 0.29) is 0 Å². The Kier molecular flexibility index (Phi) is 6.86. The molecule has 0 spiro atoms. The van der Waals surface area contributed by atoms with E-state index in [2.05, 4.69) is 170 Å². The van der Waals surface area contributed by atoms with Gasteiger partial charge in [0.15, 0.2) is 17.5 Å². The zero-order valence-corrected chi connectivity index (χ0v) is 29.2. The van der Waals surface area contributed by atoms with Crippen molar-refractivity contribution in [3.05, 3.63) is 188 Å². The van der Waals surface area contributed by atoms with Crippen LogP contribution in [0.15, 0.2) is 188 Å². The number of benzene rings is 10. The molecular formula is C51H31N3. The standard InChI is InChI=1S/C51H31N3/c1-2-12-35(13-3-1)49-52-50(54-51(53-49)39-25-26-42-38(30-39)24-28-44-40-15-7-4-10-32(40)22-27-45(42)44)36-20-18-34(19-21-36)48-43-17-9-6-14-37(43)31-47-41-16-8-5-11-33(41)23-29-46(47)48/h1-31H. The molecule has 0 aliphatic carbocycles. The van der Waals surface area contributed by atoms with Crippen molar-refractivity contribution in [3.8, 4) is 45.3 Å². The molecule has 0 aliphatic heterocycles. The summed E-state index contributed by atoms with van der Waals surface area (Å²) in [5, 5.41) is 14.9. The van der Waals surface area contributed by atoms with Gasteiger partial charge in [0.1, 0.15) is 0 Å². The Morgan fingerprint density at radius 1 is 0.222 bits per heavy atom. The molecule has 0 aliphatic rings. The number of nitrogens with zero attached hydrogens (tertiary/aromatic N) is 3. The van der Waals surface area contributed by atoms with Crippen LogP contribution in [0.2, 0.25) is 0 Å². The highest BCUT2D eigenvalue weighted by Gasteiger charge is 2.16. The molecule has 0 saturated heterocycles. The normalized spacial score (nSPS) is 11.7. The van der Waals surface area contributed by atoms with E-state index in [4.69, 9.17) is 15.0 Å². The molecule has 3 heteroatoms. The number of hydrogen-bond acceptors (Lipinski definition) is 3. The first kappa shape index (κ1) is 30.4. The van der Waals surface area contributed by atoms with E-state index in [1.54, 1.807) is 0 Å². The van der Waals surface area contributed by atoms with Gasteiger partial charge in [0, 0.05) is 16.7 Å². The van der Waals surface area contributed by atoms with Crippen molar-refractivity contribution in [2.75, 3.05) is 0 Å². The molecule has 54 heavy (non-hydrogen) atoms. The maximum absolute atomic E-state index is 5.12. The van der Waals surface area contributed by atoms with Gasteiger partial charge in [-0.15, -0.1) is 0 Å². The summed E-state index contributed by atoms with van der Waals surface area (Å²) in [5.74, 6) is 1.94. The van der Waals surface area contributed by atoms with Crippen LogP contribution in [0.3, 0.4) is 0 Å². The second kappa shape index (κ2) is 12.2. The highest BCUT2D eigenvalue weighted by Crippen LogP contribution is 2.40. The molecule has 250 valence electrons. The van der Waals surface area contributed by atoms with E-state index in [0.29, 0.717) is 17.5 Å². The minimum absolute atomic E-state index is 0.643. The lowest BCUT2D eigenvalue weighted by molar-refractivity contribution is 1.07. The predicted molar refractivity (Wildman–Crippen MR) is 227 cm³/mol. The number of fused-ring (bicyclic) bond motifs is 9. The SMILES string of the molecule is c1ccc(-c2nc(-c3ccc(-c4c5ccccc5cc5c4ccc4ccccc45)cc3)nc(-c3ccc4c(ccc5c6ccccc6ccc45)c3)n2)cc1. The minimum atomic E-state index is 0.643. The number of aromatic nitrogens is 3. The van der Waals surface area contributed by atoms with Gasteiger partial charge in [0.05, 0.1) is 0 Å². The third-order valence-corrected chi connectivity index (χ3v) is 10.9. The van der Waals surface area contributed by atoms with Gasteiger partial charge in [0.2, 0.25) is 0 Å². The summed E-state index contributed by atoms with van der Waals surface area (Å²) in [6.45, 7) is 0. The van der Waals surface area contributed by atoms with Gasteiger partial charge in [-0.1, -0.05) is 176 Å². The Hall–Kier alpha value is -7.23. The molecule has 0 N–H and O–H groups in total. The zero-order valence-electron chi connectivity index (χ0n) is 29.2. The molecule has 0 radical (unpaired) electrons. The fourth-order valence-corrected chi connectivity index (χ4v) is 8.24. The van der Waals surface area contributed by atoms with Crippen molar-refractivity contribution in [3.63, 3.8) is 0 Å². The van der Waals surface area contributed by atoms with Gasteiger partial charge in [-0.25, -0.2) is 15.0 Å². The molecule has 0 unspecified atom stereocenters. The second-order valence-corrected chi connectivity index (χ2v) is 14.0. The van der Waals surface area contributed by atoms with Crippen LogP contribution < -0.4 is 0 Å². The van der Waals surface area contributed by atoms with Crippen molar-refractivity contribution >= 4 is 64.6 Å². The molecule has 10 aromatic carbocycles. The molecule has 0 bridgehead atoms. The lowest BCUT2D eigenvalue weighted by Crippen LogP contribution is -2.00. The molecule has 11 rings (SSSR count). The van der Waals surface area contributed by atoms with E-state index < -0.39 is 0 Å². The van der Waals surface area contributed by atoms with Crippen LogP contribution >= 0.6 is 0 Å². The number of rotatable bonds is 4. The van der Waals surface area contributed by atoms with E-state index in [1.807, 2.05) is 18.2 Å². The Balaban J connectivity index is 1.05. The van der Waals surface area contributed by atoms with Crippen LogP contribution in [0.4, 0.5) is 0 Å². The average Bonchev–Trinajstić information content (AvgIpc) is 3.25. The smallest absolute Gasteiger partial charge is 0.164 e. The first-order valence-electron chi connectivity index (χ1n) is 18.4. The van der Waals surface area contributed by atoms with E-state index in [9.17, 15) is 0 Å². The summed E-state index contributed by atoms with van der Waals surface area (Å²) in [6.07, 6.45) is 0. The second-order valence-electron chi connectivity index (χ2n) is 14.0. The third-order valence-electron chi connectivity index (χ3n) is 10.9. The van der Waals surface area contributed by atoms with Crippen molar-refractivity contribution in [1.82, 2.24) is 15.0 Å². The fraction of sp³-hybridized carbons (Fsp3) is 0. The Morgan fingerprint density at radius 3 is 1.33 bits per heavy atom. The summed E-state index contributed by atoms with van der Waals surface area (Å²) in [6, 6.07) is 67.1. The van der Waals surface area contributed by atoms with E-state index >= 15 is 0 Å². The molecular weight excluding hydrogens is 655 g/mol. The maximum atomic E-state index is 5.12. The highest BCUT2D eigenvalue weighted by molar-refractivity contribution is 6.20. The topological polar surface area (TPSA) is 38.7 Å². The number of hydrogen-bond donors (Lipinski definition) is 0. The summed E-state index contributed by atoms with van der Waals surface area (Å²) < 4.78 is 0. The van der Waals surface area contributed by atoms with Crippen LogP contribution in [0.5, 0.6) is 0 Å². The van der Waals surface area contributed by atoms with E-state index in [1.165, 1.54) is 64.8 Å². The van der Waals surface area contributed by atoms with Gasteiger partial charge in [-0.3, -0.25) is 0 Å². The van der Waals surface area contributed by atoms with Crippen LogP contribution in [-0.2, 0) is 0 Å². The Labute approximate surface area is 311 Å². The summed E-state index contributed by atoms with van der Waals surface area (Å²) in [4.78, 5) is 15.2. The Bertz CT molecular complexity index is 3260. The zero-order chi connectivity index (χ0) is 35.6. The summed E-state index contributed by atoms with van der Waals surface area (Å²) >= 11 is 0. The summed E-state index contributed by atoms with van der Waals surface area (Å²) in [7, 11) is 0. The molecule has 3 nitrogen and oxygen atoms in total. The maximum Gasteiger partial charge on any atom is 0.164 e. The molecule has 0 saturated carbocycles. The van der Waals surface area contributed by atoms with E-state index in [0.717, 1.165) is 27.6 Å². The van der Waals surface area contributed by atoms with Crippen molar-refractivity contribution in [1.29, 1.82) is 0 Å². The largest absolute Gasteiger partial charge is 0.208 e. The van der Waals surface area contributed by atoms with Gasteiger partial charge < -0.3 is 0 Å². The first-order chi connectivity index (χ1) is 26.7. The lowest BCUT2D eigenvalue weighted by atomic mass is 9.89. The summed E-state index contributed by atoms with van der Waals surface area (Å²) in [5.41, 5.74) is 5.23. The highest BCUT2D eigenvalue weighted by atomic mass is 15.0. The Morgan fingerprint density at radius 2 is 0.648 bits per heavy atom. The molecule has 0 atom stereocenters. The molecule has 0 fully saturated rings. The monoisotopic (exact) mass is 685 g/mol. The minimum Gasteiger partial charge on any atom is -0.208 e. The molecule has 1 heterocycles. The van der Waals surface area contributed by atoms with Crippen molar-refractivity contribution in [2.24, 2.45) is 0 Å². The van der Waals surface area contributed by atoms with Crippen molar-refractivity contribution in [2.45, 2.75) is 0 Å². The van der Waals surface area contributed by atoms with Gasteiger partial charge in [-0.05, 0) is 87.9 Å². The fourth-order valence-electron chi connectivity index (χ4n) is 8.24. The van der Waals surface area contributed by atoms with Crippen molar-refractivity contribution < 1.29 is 0 Å². The van der Waals surface area contributed by atoms with Crippen LogP contribution in [0.1, 0.15) is 0 Å². The van der Waals surface area contributed by atoms with Crippen LogP contribution in [0.25, 0.3) is 110 Å². The van der Waals surface area contributed by atoms with Crippen LogP contribution in [0, 0.1) is 0 Å². The quantitative estimate of drug-likeness (QED) is 0.137. The first-order valence-corrected chi connectivity index (χ1v) is 18.4. The van der Waals surface area contributed by atoms with Crippen LogP contribution in [-0.4, -0.2) is 15.0 Å². The predicted octanol–water partition coefficient (Wildman–Crippen LogP) is 13.5. The molecule has 11 aromatic rings. The van der Waals surface area contributed by atoms with Gasteiger partial charge >= 0.3 is 0 Å². The third kappa shape index (κ3) is 4.94. The van der Waals surface area contributed by atoms with Gasteiger partial charge in [-0.2, -0.15) is 0 Å². The lowest BCUT2D eigenvalue weighted by Gasteiger charge is -2.14. The molecule has 0 amide bonds.